The van der Waals surface area contributed by atoms with Crippen LogP contribution in [0.5, 0.6) is 0 Å². The molecule has 27 heavy (non-hydrogen) atoms. The van der Waals surface area contributed by atoms with E-state index >= 15 is 0 Å². The van der Waals surface area contributed by atoms with E-state index in [1.54, 1.807) is 0 Å². The van der Waals surface area contributed by atoms with Crippen molar-refractivity contribution >= 4 is 21.6 Å². The molecule has 0 aliphatic carbocycles. The number of aromatic amines is 1. The van der Waals surface area contributed by atoms with Gasteiger partial charge in [-0.25, -0.2) is 4.98 Å². The van der Waals surface area contributed by atoms with Crippen LogP contribution in [0.3, 0.4) is 0 Å². The molecule has 2 heterocycles. The van der Waals surface area contributed by atoms with Crippen LogP contribution in [0.4, 0.5) is 0 Å². The zero-order chi connectivity index (χ0) is 18.5. The molecule has 0 amide bonds. The molecule has 0 saturated heterocycles. The summed E-state index contributed by atoms with van der Waals surface area (Å²) in [7, 11) is 0. The maximum absolute atomic E-state index is 12.3. The monoisotopic (exact) mass is 375 g/mol. The van der Waals surface area contributed by atoms with Crippen LogP contribution in [-0.4, -0.2) is 21.4 Å². The summed E-state index contributed by atoms with van der Waals surface area (Å²) in [6.07, 6.45) is 0.957. The molecule has 0 fully saturated rings. The Kier molecular flexibility index (Phi) is 5.42. The Labute approximate surface area is 162 Å². The van der Waals surface area contributed by atoms with E-state index in [4.69, 9.17) is 0 Å². The summed E-state index contributed by atoms with van der Waals surface area (Å²) in [6.45, 7) is 2.33. The Morgan fingerprint density at radius 3 is 2.33 bits per heavy atom. The topological polar surface area (TPSA) is 49.0 Å². The van der Waals surface area contributed by atoms with Crippen LogP contribution in [0.2, 0.25) is 0 Å². The highest BCUT2D eigenvalue weighted by Crippen LogP contribution is 2.15. The molecule has 0 unspecified atom stereocenters. The van der Waals surface area contributed by atoms with Crippen molar-refractivity contribution in [3.8, 4) is 0 Å². The van der Waals surface area contributed by atoms with Crippen LogP contribution in [0.1, 0.15) is 17.0 Å². The van der Waals surface area contributed by atoms with Crippen LogP contribution in [0, 0.1) is 0 Å². The Bertz CT molecular complexity index is 1060. The van der Waals surface area contributed by atoms with Gasteiger partial charge in [0.05, 0.1) is 12.1 Å². The number of hydrogen-bond acceptors (Lipinski definition) is 4. The van der Waals surface area contributed by atoms with Crippen molar-refractivity contribution in [3.05, 3.63) is 99.4 Å². The smallest absolute Gasteiger partial charge is 0.268 e. The second-order valence-corrected chi connectivity index (χ2v) is 7.50. The second kappa shape index (κ2) is 8.29. The Morgan fingerprint density at radius 1 is 0.889 bits per heavy atom. The summed E-state index contributed by atoms with van der Waals surface area (Å²) in [4.78, 5) is 22.2. The van der Waals surface area contributed by atoms with Crippen LogP contribution < -0.4 is 5.56 Å². The zero-order valence-electron chi connectivity index (χ0n) is 15.0. The normalized spacial score (nSPS) is 11.3. The van der Waals surface area contributed by atoms with Crippen molar-refractivity contribution in [2.45, 2.75) is 19.5 Å². The van der Waals surface area contributed by atoms with Crippen molar-refractivity contribution in [2.24, 2.45) is 0 Å². The van der Waals surface area contributed by atoms with Crippen LogP contribution in [0.25, 0.3) is 10.2 Å². The third-order valence-corrected chi connectivity index (χ3v) is 5.45. The largest absolute Gasteiger partial charge is 0.308 e. The molecule has 2 aromatic heterocycles. The Morgan fingerprint density at radius 2 is 1.59 bits per heavy atom. The molecule has 2 aromatic carbocycles. The minimum atomic E-state index is -0.0484. The fourth-order valence-electron chi connectivity index (χ4n) is 3.20. The first kappa shape index (κ1) is 17.6. The van der Waals surface area contributed by atoms with E-state index in [-0.39, 0.29) is 5.56 Å². The van der Waals surface area contributed by atoms with E-state index in [0.29, 0.717) is 11.2 Å². The van der Waals surface area contributed by atoms with Crippen LogP contribution in [0.15, 0.2) is 76.9 Å². The quantitative estimate of drug-likeness (QED) is 0.526. The van der Waals surface area contributed by atoms with Gasteiger partial charge >= 0.3 is 0 Å². The van der Waals surface area contributed by atoms with Gasteiger partial charge in [0.2, 0.25) is 0 Å². The van der Waals surface area contributed by atoms with Crippen LogP contribution >= 0.6 is 11.3 Å². The third-order valence-electron chi connectivity index (χ3n) is 4.55. The number of nitrogens with one attached hydrogen (secondary N) is 1. The van der Waals surface area contributed by atoms with Crippen molar-refractivity contribution in [1.29, 1.82) is 0 Å². The number of aromatic nitrogens is 2. The molecule has 5 heteroatoms. The van der Waals surface area contributed by atoms with E-state index < -0.39 is 0 Å². The molecular weight excluding hydrogens is 354 g/mol. The lowest BCUT2D eigenvalue weighted by molar-refractivity contribution is 0.253. The predicted octanol–water partition coefficient (Wildman–Crippen LogP) is 4.23. The summed E-state index contributed by atoms with van der Waals surface area (Å²) in [5, 5.41) is 1.91. The fourth-order valence-corrected chi connectivity index (χ4v) is 3.92. The standard InChI is InChI=1S/C22H21N3OS/c26-22-21-19(12-14-27-21)23-20(24-22)16-25(15-18-9-5-2-6-10-18)13-11-17-7-3-1-4-8-17/h1-10,12,14H,11,13,15-16H2,(H,23,24,26). The van der Waals surface area contributed by atoms with Gasteiger partial charge < -0.3 is 4.98 Å². The van der Waals surface area contributed by atoms with Gasteiger partial charge in [0, 0.05) is 13.1 Å². The first-order chi connectivity index (χ1) is 13.3. The van der Waals surface area contributed by atoms with Gasteiger partial charge in [-0.2, -0.15) is 0 Å². The van der Waals surface area contributed by atoms with Gasteiger partial charge in [-0.05, 0) is 29.0 Å². The highest BCUT2D eigenvalue weighted by molar-refractivity contribution is 7.17. The molecule has 4 rings (SSSR count). The van der Waals surface area contributed by atoms with Gasteiger partial charge in [0.1, 0.15) is 10.5 Å². The van der Waals surface area contributed by atoms with Crippen LogP contribution in [-0.2, 0) is 19.5 Å². The Hall–Kier alpha value is -2.76. The molecule has 0 spiro atoms. The lowest BCUT2D eigenvalue weighted by Crippen LogP contribution is -2.27. The van der Waals surface area contributed by atoms with Crippen molar-refractivity contribution < 1.29 is 0 Å². The van der Waals surface area contributed by atoms with E-state index in [1.165, 1.54) is 22.5 Å². The number of rotatable bonds is 7. The molecule has 4 aromatic rings. The molecule has 0 radical (unpaired) electrons. The third kappa shape index (κ3) is 4.51. The lowest BCUT2D eigenvalue weighted by Gasteiger charge is -2.22. The number of thiophene rings is 1. The lowest BCUT2D eigenvalue weighted by atomic mass is 10.1. The first-order valence-corrected chi connectivity index (χ1v) is 9.92. The van der Waals surface area contributed by atoms with E-state index in [2.05, 4.69) is 63.4 Å². The molecule has 1 N–H and O–H groups in total. The highest BCUT2D eigenvalue weighted by Gasteiger charge is 2.11. The molecule has 0 aliphatic rings. The van der Waals surface area contributed by atoms with Crippen molar-refractivity contribution in [2.75, 3.05) is 6.54 Å². The number of nitrogens with zero attached hydrogens (tertiary/aromatic N) is 2. The SMILES string of the molecule is O=c1[nH]c(CN(CCc2ccccc2)Cc2ccccc2)nc2ccsc12. The molecule has 4 nitrogen and oxygen atoms in total. The summed E-state index contributed by atoms with van der Waals surface area (Å²) in [5.41, 5.74) is 3.30. The second-order valence-electron chi connectivity index (χ2n) is 6.58. The summed E-state index contributed by atoms with van der Waals surface area (Å²) in [6, 6.07) is 22.8. The Balaban J connectivity index is 1.54. The summed E-state index contributed by atoms with van der Waals surface area (Å²) >= 11 is 1.43. The zero-order valence-corrected chi connectivity index (χ0v) is 15.8. The maximum Gasteiger partial charge on any atom is 0.268 e. The average molecular weight is 375 g/mol. The minimum Gasteiger partial charge on any atom is -0.308 e. The maximum atomic E-state index is 12.3. The summed E-state index contributed by atoms with van der Waals surface area (Å²) in [5.74, 6) is 0.717. The van der Waals surface area contributed by atoms with Crippen molar-refractivity contribution in [1.82, 2.24) is 14.9 Å². The molecule has 136 valence electrons. The molecule has 0 saturated carbocycles. The first-order valence-electron chi connectivity index (χ1n) is 9.04. The van der Waals surface area contributed by atoms with Gasteiger partial charge in [0.25, 0.3) is 5.56 Å². The summed E-state index contributed by atoms with van der Waals surface area (Å²) < 4.78 is 0.692. The van der Waals surface area contributed by atoms with Gasteiger partial charge in [-0.1, -0.05) is 60.7 Å². The van der Waals surface area contributed by atoms with E-state index in [1.807, 2.05) is 23.6 Å². The number of fused-ring (bicyclic) bond motifs is 1. The van der Waals surface area contributed by atoms with Crippen molar-refractivity contribution in [3.63, 3.8) is 0 Å². The number of hydrogen-bond donors (Lipinski definition) is 1. The minimum absolute atomic E-state index is 0.0484. The molecule has 0 atom stereocenters. The molecule has 0 bridgehead atoms. The van der Waals surface area contributed by atoms with Gasteiger partial charge in [-0.15, -0.1) is 11.3 Å². The predicted molar refractivity (Wildman–Crippen MR) is 111 cm³/mol. The van der Waals surface area contributed by atoms with E-state index in [0.717, 1.165) is 30.9 Å². The van der Waals surface area contributed by atoms with Gasteiger partial charge in [0.15, 0.2) is 0 Å². The van der Waals surface area contributed by atoms with E-state index in [9.17, 15) is 4.79 Å². The highest BCUT2D eigenvalue weighted by atomic mass is 32.1. The fraction of sp³-hybridized carbons (Fsp3) is 0.182. The molecule has 0 aliphatic heterocycles. The average Bonchev–Trinajstić information content (AvgIpc) is 3.17. The number of H-pyrrole nitrogens is 1. The number of benzene rings is 2. The van der Waals surface area contributed by atoms with Gasteiger partial charge in [-0.3, -0.25) is 9.69 Å². The molecular formula is C22H21N3OS.